The molecule has 41 heavy (non-hydrogen) atoms. The van der Waals surface area contributed by atoms with Crippen LogP contribution in [-0.2, 0) is 19.2 Å². The zero-order valence-corrected chi connectivity index (χ0v) is 25.4. The summed E-state index contributed by atoms with van der Waals surface area (Å²) in [7, 11) is 0. The van der Waals surface area contributed by atoms with Gasteiger partial charge in [0.25, 0.3) is 0 Å². The van der Waals surface area contributed by atoms with Gasteiger partial charge in [0.05, 0.1) is 17.4 Å². The summed E-state index contributed by atoms with van der Waals surface area (Å²) in [6, 6.07) is 15.9. The van der Waals surface area contributed by atoms with Gasteiger partial charge in [-0.05, 0) is 99.0 Å². The molecule has 3 aromatic rings. The summed E-state index contributed by atoms with van der Waals surface area (Å²) in [5.74, 6) is 1.14. The molecule has 1 aromatic heterocycles. The van der Waals surface area contributed by atoms with Crippen molar-refractivity contribution in [1.29, 1.82) is 0 Å². The minimum Gasteiger partial charge on any atom is -0.465 e. The number of anilines is 1. The molecule has 8 nitrogen and oxygen atoms in total. The Labute approximate surface area is 248 Å². The lowest BCUT2D eigenvalue weighted by molar-refractivity contribution is -0.575. The van der Waals surface area contributed by atoms with Crippen molar-refractivity contribution >= 4 is 38.7 Å². The zero-order chi connectivity index (χ0) is 28.4. The summed E-state index contributed by atoms with van der Waals surface area (Å²) in [6.07, 6.45) is 4.84. The van der Waals surface area contributed by atoms with Gasteiger partial charge in [0.2, 0.25) is 12.1 Å². The van der Waals surface area contributed by atoms with Crippen LogP contribution in [0.25, 0.3) is 10.9 Å². The molecule has 2 aromatic carbocycles. The second kappa shape index (κ2) is 10.3. The highest BCUT2D eigenvalue weighted by Gasteiger charge is 2.69. The predicted octanol–water partition coefficient (Wildman–Crippen LogP) is 7.34. The molecule has 1 aliphatic carbocycles. The molecule has 0 radical (unpaired) electrons. The standard InChI is InChI=1S/C32H36BrN3O5/c1-18-5-11-26-20(3)29(38-30-32(26)25(18)13-14-31(4,39-30)40-41-32)37-23-9-6-21(7-10-23)17-34-36-28-15-19(2)35-27-12-8-22(33)16-24(27)28/h6-10,12,15-18,20,25-26,29-30H,5,11,13-14H2,1-4H3,(H,35,36)/b34-17+/t18-,20-,25+,26+,29+,30-,31-,32-/m1/s1. The van der Waals surface area contributed by atoms with Gasteiger partial charge in [0, 0.05) is 33.8 Å². The molecule has 1 saturated carbocycles. The van der Waals surface area contributed by atoms with Crippen LogP contribution in [0.5, 0.6) is 5.75 Å². The van der Waals surface area contributed by atoms with E-state index in [2.05, 4.69) is 45.3 Å². The summed E-state index contributed by atoms with van der Waals surface area (Å²) >= 11 is 3.55. The minimum absolute atomic E-state index is 0.111. The third-order valence-electron chi connectivity index (χ3n) is 9.53. The van der Waals surface area contributed by atoms with Crippen LogP contribution in [0.2, 0.25) is 0 Å². The number of ether oxygens (including phenoxy) is 3. The van der Waals surface area contributed by atoms with Gasteiger partial charge >= 0.3 is 0 Å². The first kappa shape index (κ1) is 27.3. The first-order valence-electron chi connectivity index (χ1n) is 14.6. The van der Waals surface area contributed by atoms with Crippen LogP contribution in [0, 0.1) is 30.6 Å². The third-order valence-corrected chi connectivity index (χ3v) is 10.0. The number of rotatable bonds is 5. The number of hydrogen-bond donors (Lipinski definition) is 1. The minimum atomic E-state index is -0.796. The van der Waals surface area contributed by atoms with Crippen LogP contribution in [0.4, 0.5) is 5.69 Å². The number of fused-ring (bicyclic) bond motifs is 3. The van der Waals surface area contributed by atoms with E-state index in [1.807, 2.05) is 62.4 Å². The van der Waals surface area contributed by atoms with E-state index in [0.717, 1.165) is 63.8 Å². The normalized spacial score (nSPS) is 36.2. The second-order valence-electron chi connectivity index (χ2n) is 12.3. The molecule has 4 saturated heterocycles. The summed E-state index contributed by atoms with van der Waals surface area (Å²) in [6.45, 7) is 8.45. The van der Waals surface area contributed by atoms with E-state index in [-0.39, 0.29) is 11.8 Å². The predicted molar refractivity (Wildman–Crippen MR) is 159 cm³/mol. The lowest BCUT2D eigenvalue weighted by Crippen LogP contribution is -2.70. The number of hydrazone groups is 1. The fourth-order valence-corrected chi connectivity index (χ4v) is 7.73. The molecule has 8 atom stereocenters. The van der Waals surface area contributed by atoms with Crippen molar-refractivity contribution in [1.82, 2.24) is 4.98 Å². The average molecular weight is 623 g/mol. The molecule has 5 heterocycles. The summed E-state index contributed by atoms with van der Waals surface area (Å²) in [5, 5.41) is 5.49. The van der Waals surface area contributed by atoms with Crippen LogP contribution < -0.4 is 10.2 Å². The van der Waals surface area contributed by atoms with Crippen LogP contribution >= 0.6 is 15.9 Å². The molecule has 4 aliphatic heterocycles. The maximum atomic E-state index is 6.56. The maximum absolute atomic E-state index is 6.56. The Morgan fingerprint density at radius 2 is 1.88 bits per heavy atom. The Morgan fingerprint density at radius 3 is 2.71 bits per heavy atom. The number of aryl methyl sites for hydroxylation is 1. The van der Waals surface area contributed by atoms with Crippen LogP contribution in [-0.4, -0.2) is 35.2 Å². The number of halogens is 1. The van der Waals surface area contributed by atoms with Crippen molar-refractivity contribution in [3.63, 3.8) is 0 Å². The zero-order valence-electron chi connectivity index (χ0n) is 23.8. The number of nitrogens with zero attached hydrogens (tertiary/aromatic N) is 2. The molecule has 0 amide bonds. The summed E-state index contributed by atoms with van der Waals surface area (Å²) in [5.41, 5.74) is 6.30. The topological polar surface area (TPSA) is 83.4 Å². The fraction of sp³-hybridized carbons (Fsp3) is 0.500. The van der Waals surface area contributed by atoms with Crippen molar-refractivity contribution < 1.29 is 24.0 Å². The Morgan fingerprint density at radius 1 is 1.05 bits per heavy atom. The number of nitrogens with one attached hydrogen (secondary N) is 1. The highest BCUT2D eigenvalue weighted by atomic mass is 79.9. The first-order valence-corrected chi connectivity index (χ1v) is 15.4. The van der Waals surface area contributed by atoms with Gasteiger partial charge in [0.15, 0.2) is 11.9 Å². The van der Waals surface area contributed by atoms with E-state index >= 15 is 0 Å². The Bertz CT molecular complexity index is 1480. The van der Waals surface area contributed by atoms with Crippen LogP contribution in [0.1, 0.15) is 57.7 Å². The Hall–Kier alpha value is -2.56. The Kier molecular flexibility index (Phi) is 6.86. The number of benzene rings is 2. The van der Waals surface area contributed by atoms with E-state index in [1.54, 1.807) is 6.21 Å². The quantitative estimate of drug-likeness (QED) is 0.181. The van der Waals surface area contributed by atoms with Gasteiger partial charge in [-0.2, -0.15) is 5.10 Å². The van der Waals surface area contributed by atoms with Gasteiger partial charge in [-0.25, -0.2) is 9.78 Å². The molecule has 0 unspecified atom stereocenters. The van der Waals surface area contributed by atoms with Gasteiger partial charge in [0.1, 0.15) is 5.75 Å². The van der Waals surface area contributed by atoms with E-state index < -0.39 is 24.0 Å². The van der Waals surface area contributed by atoms with Crippen molar-refractivity contribution in [2.24, 2.45) is 28.8 Å². The molecule has 5 aliphatic rings. The molecule has 216 valence electrons. The van der Waals surface area contributed by atoms with Crippen molar-refractivity contribution in [3.8, 4) is 5.75 Å². The van der Waals surface area contributed by atoms with Crippen LogP contribution in [0.15, 0.2) is 58.1 Å². The smallest absolute Gasteiger partial charge is 0.205 e. The van der Waals surface area contributed by atoms with Crippen molar-refractivity contribution in [2.45, 2.75) is 77.3 Å². The van der Waals surface area contributed by atoms with Gasteiger partial charge in [-0.15, -0.1) is 0 Å². The molecule has 2 bridgehead atoms. The lowest BCUT2D eigenvalue weighted by Gasteiger charge is -2.60. The number of aromatic nitrogens is 1. The Balaban J connectivity index is 1.06. The monoisotopic (exact) mass is 621 g/mol. The first-order chi connectivity index (χ1) is 19.7. The molecule has 5 fully saturated rings. The van der Waals surface area contributed by atoms with Gasteiger partial charge in [-0.3, -0.25) is 10.4 Å². The molecule has 8 rings (SSSR count). The summed E-state index contributed by atoms with van der Waals surface area (Å²) < 4.78 is 20.5. The number of hydrogen-bond acceptors (Lipinski definition) is 8. The highest BCUT2D eigenvalue weighted by Crippen LogP contribution is 2.60. The van der Waals surface area contributed by atoms with E-state index in [1.165, 1.54) is 0 Å². The van der Waals surface area contributed by atoms with Crippen molar-refractivity contribution in [3.05, 3.63) is 64.3 Å². The van der Waals surface area contributed by atoms with E-state index in [0.29, 0.717) is 11.8 Å². The molecular weight excluding hydrogens is 586 g/mol. The molecule has 1 N–H and O–H groups in total. The SMILES string of the molecule is Cc1cc(N/N=C/c2ccc(O[C@H]3O[C@@H]4O[C@@]5(C)CC[C@H]6[C@H](C)CC[C@@H]([C@H]3C)[C@@]46OO5)cc2)c2cc(Br)ccc2n1. The lowest BCUT2D eigenvalue weighted by atomic mass is 9.58. The van der Waals surface area contributed by atoms with Crippen LogP contribution in [0.3, 0.4) is 0 Å². The third kappa shape index (κ3) is 4.76. The molecule has 9 heteroatoms. The largest absolute Gasteiger partial charge is 0.465 e. The second-order valence-corrected chi connectivity index (χ2v) is 13.2. The van der Waals surface area contributed by atoms with E-state index in [9.17, 15) is 0 Å². The van der Waals surface area contributed by atoms with Gasteiger partial charge in [-0.1, -0.05) is 29.8 Å². The van der Waals surface area contributed by atoms with E-state index in [4.69, 9.17) is 24.0 Å². The molecular formula is C32H36BrN3O5. The highest BCUT2D eigenvalue weighted by molar-refractivity contribution is 9.10. The van der Waals surface area contributed by atoms with Crippen molar-refractivity contribution in [2.75, 3.05) is 5.43 Å². The van der Waals surface area contributed by atoms with Gasteiger partial charge < -0.3 is 14.2 Å². The summed E-state index contributed by atoms with van der Waals surface area (Å²) in [4.78, 5) is 16.8. The molecule has 1 spiro atoms. The fourth-order valence-electron chi connectivity index (χ4n) is 7.37. The number of pyridine rings is 1. The maximum Gasteiger partial charge on any atom is 0.205 e. The average Bonchev–Trinajstić information content (AvgIpc) is 3.18.